The number of rotatable bonds is 2. The minimum absolute atomic E-state index is 0.00715. The second kappa shape index (κ2) is 3.80. The Hall–Kier alpha value is -1.12. The van der Waals surface area contributed by atoms with E-state index < -0.39 is 0 Å². The zero-order valence-corrected chi connectivity index (χ0v) is 10.5. The van der Waals surface area contributed by atoms with Gasteiger partial charge in [-0.2, -0.15) is 5.10 Å². The summed E-state index contributed by atoms with van der Waals surface area (Å²) in [7, 11) is 1.89. The van der Waals surface area contributed by atoms with E-state index in [0.29, 0.717) is 5.69 Å². The van der Waals surface area contributed by atoms with Crippen LogP contribution in [0.2, 0.25) is 0 Å². The average Bonchev–Trinajstić information content (AvgIpc) is 2.44. The van der Waals surface area contributed by atoms with Crippen LogP contribution in [0.1, 0.15) is 50.8 Å². The minimum atomic E-state index is 0.00715. The van der Waals surface area contributed by atoms with Gasteiger partial charge in [-0.3, -0.25) is 9.48 Å². The Kier molecular flexibility index (Phi) is 3.03. The van der Waals surface area contributed by atoms with Crippen LogP contribution in [-0.4, -0.2) is 15.6 Å². The lowest BCUT2D eigenvalue weighted by atomic mass is 9.91. The number of carbonyl (C=O) groups is 1. The van der Waals surface area contributed by atoms with Crippen LogP contribution in [0.5, 0.6) is 0 Å². The highest BCUT2D eigenvalue weighted by atomic mass is 16.1. The highest BCUT2D eigenvalue weighted by Gasteiger charge is 2.22. The van der Waals surface area contributed by atoms with Gasteiger partial charge in [0.25, 0.3) is 0 Å². The first-order chi connectivity index (χ1) is 6.73. The van der Waals surface area contributed by atoms with E-state index in [1.54, 1.807) is 4.68 Å². The third-order valence-electron chi connectivity index (χ3n) is 2.43. The molecule has 0 N–H and O–H groups in total. The maximum Gasteiger partial charge on any atom is 0.185 e. The summed E-state index contributed by atoms with van der Waals surface area (Å²) >= 11 is 0. The first-order valence-corrected chi connectivity index (χ1v) is 5.32. The number of aryl methyl sites for hydroxylation is 1. The lowest BCUT2D eigenvalue weighted by Gasteiger charge is -2.17. The number of ketones is 1. The van der Waals surface area contributed by atoms with Crippen LogP contribution in [0.25, 0.3) is 0 Å². The molecule has 3 heteroatoms. The van der Waals surface area contributed by atoms with Crippen molar-refractivity contribution in [3.05, 3.63) is 17.5 Å². The monoisotopic (exact) mass is 208 g/mol. The van der Waals surface area contributed by atoms with E-state index in [9.17, 15) is 4.79 Å². The Bertz CT molecular complexity index is 369. The fourth-order valence-corrected chi connectivity index (χ4v) is 1.59. The summed E-state index contributed by atoms with van der Waals surface area (Å²) < 4.78 is 1.80. The van der Waals surface area contributed by atoms with Crippen molar-refractivity contribution in [2.75, 3.05) is 0 Å². The fraction of sp³-hybridized carbons (Fsp3) is 0.667. The molecule has 15 heavy (non-hydrogen) atoms. The number of aromatic nitrogens is 2. The van der Waals surface area contributed by atoms with Crippen molar-refractivity contribution < 1.29 is 4.79 Å². The van der Waals surface area contributed by atoms with E-state index in [2.05, 4.69) is 25.9 Å². The molecule has 0 bridgehead atoms. The van der Waals surface area contributed by atoms with E-state index in [1.807, 2.05) is 27.0 Å². The van der Waals surface area contributed by atoms with Gasteiger partial charge in [-0.1, -0.05) is 34.6 Å². The van der Waals surface area contributed by atoms with Crippen LogP contribution >= 0.6 is 0 Å². The molecule has 0 amide bonds. The van der Waals surface area contributed by atoms with Gasteiger partial charge in [0.2, 0.25) is 0 Å². The van der Waals surface area contributed by atoms with Gasteiger partial charge in [0, 0.05) is 24.1 Å². The van der Waals surface area contributed by atoms with Gasteiger partial charge in [-0.05, 0) is 6.07 Å². The molecule has 3 nitrogen and oxygen atoms in total. The molecule has 0 aromatic carbocycles. The summed E-state index contributed by atoms with van der Waals surface area (Å²) in [6.45, 7) is 10.1. The number of hydrogen-bond donors (Lipinski definition) is 0. The Morgan fingerprint density at radius 2 is 1.93 bits per heavy atom. The van der Waals surface area contributed by atoms with Crippen molar-refractivity contribution in [2.24, 2.45) is 13.0 Å². The normalized spacial score (nSPS) is 12.2. The van der Waals surface area contributed by atoms with Crippen LogP contribution in [0.3, 0.4) is 0 Å². The second-order valence-electron chi connectivity index (χ2n) is 5.31. The smallest absolute Gasteiger partial charge is 0.185 e. The van der Waals surface area contributed by atoms with E-state index >= 15 is 0 Å². The second-order valence-corrected chi connectivity index (χ2v) is 5.31. The minimum Gasteiger partial charge on any atom is -0.292 e. The zero-order valence-electron chi connectivity index (χ0n) is 10.5. The summed E-state index contributed by atoms with van der Waals surface area (Å²) in [5.74, 6) is 0.119. The van der Waals surface area contributed by atoms with Gasteiger partial charge in [0.1, 0.15) is 5.69 Å². The van der Waals surface area contributed by atoms with Crippen LogP contribution in [0.15, 0.2) is 6.07 Å². The molecule has 0 aliphatic rings. The molecule has 0 spiro atoms. The topological polar surface area (TPSA) is 34.9 Å². The average molecular weight is 208 g/mol. The van der Waals surface area contributed by atoms with E-state index in [0.717, 1.165) is 5.69 Å². The maximum atomic E-state index is 11.8. The highest BCUT2D eigenvalue weighted by molar-refractivity contribution is 5.95. The van der Waals surface area contributed by atoms with Gasteiger partial charge in [0.05, 0.1) is 0 Å². The highest BCUT2D eigenvalue weighted by Crippen LogP contribution is 2.23. The first kappa shape index (κ1) is 12.0. The molecule has 0 saturated heterocycles. The molecule has 0 saturated carbocycles. The third kappa shape index (κ3) is 2.46. The van der Waals surface area contributed by atoms with Crippen molar-refractivity contribution in [3.63, 3.8) is 0 Å². The maximum absolute atomic E-state index is 11.8. The molecule has 1 aromatic heterocycles. The first-order valence-electron chi connectivity index (χ1n) is 5.32. The number of carbonyl (C=O) groups excluding carboxylic acids is 1. The molecular weight excluding hydrogens is 188 g/mol. The summed E-state index contributed by atoms with van der Waals surface area (Å²) in [6.07, 6.45) is 0. The molecule has 0 radical (unpaired) electrons. The van der Waals surface area contributed by atoms with Crippen molar-refractivity contribution in [3.8, 4) is 0 Å². The quantitative estimate of drug-likeness (QED) is 0.700. The van der Waals surface area contributed by atoms with Crippen molar-refractivity contribution in [2.45, 2.75) is 40.0 Å². The Morgan fingerprint density at radius 1 is 1.40 bits per heavy atom. The number of Topliss-reactive ketones (excluding diaryl/α,β-unsaturated/α-hetero) is 1. The van der Waals surface area contributed by atoms with Crippen LogP contribution < -0.4 is 0 Å². The molecule has 1 heterocycles. The Morgan fingerprint density at radius 3 is 2.27 bits per heavy atom. The van der Waals surface area contributed by atoms with Crippen molar-refractivity contribution in [1.29, 1.82) is 0 Å². The molecule has 0 unspecified atom stereocenters. The Labute approximate surface area is 91.5 Å². The van der Waals surface area contributed by atoms with E-state index in [-0.39, 0.29) is 17.1 Å². The lowest BCUT2D eigenvalue weighted by Crippen LogP contribution is -2.16. The molecular formula is C12H20N2O. The third-order valence-corrected chi connectivity index (χ3v) is 2.43. The van der Waals surface area contributed by atoms with Crippen LogP contribution in [0, 0.1) is 5.92 Å². The molecule has 0 fully saturated rings. The molecule has 1 rings (SSSR count). The molecule has 1 aromatic rings. The zero-order chi connectivity index (χ0) is 11.8. The summed E-state index contributed by atoms with van der Waals surface area (Å²) in [6, 6.07) is 1.91. The van der Waals surface area contributed by atoms with Gasteiger partial charge in [-0.25, -0.2) is 0 Å². The lowest BCUT2D eigenvalue weighted by molar-refractivity contribution is 0.0933. The van der Waals surface area contributed by atoms with E-state index in [4.69, 9.17) is 0 Å². The predicted octanol–water partition coefficient (Wildman–Crippen LogP) is 2.56. The largest absolute Gasteiger partial charge is 0.292 e. The number of hydrogen-bond acceptors (Lipinski definition) is 2. The van der Waals surface area contributed by atoms with Gasteiger partial charge in [0.15, 0.2) is 5.78 Å². The predicted molar refractivity (Wildman–Crippen MR) is 61.1 cm³/mol. The Balaban J connectivity index is 3.12. The molecule has 0 atom stereocenters. The molecule has 0 aliphatic heterocycles. The SMILES string of the molecule is CC(C)C(=O)c1cc(C(C)(C)C)n(C)n1. The van der Waals surface area contributed by atoms with Crippen molar-refractivity contribution in [1.82, 2.24) is 9.78 Å². The summed E-state index contributed by atoms with van der Waals surface area (Å²) in [5.41, 5.74) is 1.70. The van der Waals surface area contributed by atoms with Gasteiger partial charge in [-0.15, -0.1) is 0 Å². The van der Waals surface area contributed by atoms with Gasteiger partial charge >= 0.3 is 0 Å². The van der Waals surface area contributed by atoms with Crippen LogP contribution in [0.4, 0.5) is 0 Å². The van der Waals surface area contributed by atoms with E-state index in [1.165, 1.54) is 0 Å². The number of nitrogens with zero attached hydrogens (tertiary/aromatic N) is 2. The fourth-order valence-electron chi connectivity index (χ4n) is 1.59. The molecule has 84 valence electrons. The summed E-state index contributed by atoms with van der Waals surface area (Å²) in [5, 5.41) is 4.27. The summed E-state index contributed by atoms with van der Waals surface area (Å²) in [4.78, 5) is 11.8. The van der Waals surface area contributed by atoms with Crippen LogP contribution in [-0.2, 0) is 12.5 Å². The standard InChI is InChI=1S/C12H20N2O/c1-8(2)11(15)9-7-10(12(3,4)5)14(6)13-9/h7-8H,1-6H3. The van der Waals surface area contributed by atoms with Crippen molar-refractivity contribution >= 4 is 5.78 Å². The molecule has 0 aliphatic carbocycles. The van der Waals surface area contributed by atoms with Gasteiger partial charge < -0.3 is 0 Å².